The number of likely N-dealkylation sites (tertiary alicyclic amines) is 1. The molecule has 0 spiro atoms. The molecule has 2 bridgehead atoms. The van der Waals surface area contributed by atoms with Gasteiger partial charge in [0.2, 0.25) is 0 Å². The van der Waals surface area contributed by atoms with Crippen LogP contribution >= 0.6 is 0 Å². The summed E-state index contributed by atoms with van der Waals surface area (Å²) in [5.74, 6) is 0.640. The molecule has 2 saturated heterocycles. The molecule has 2 rings (SSSR count). The molecule has 2 fully saturated rings. The number of nitrogens with zero attached hydrogens (tertiary/aromatic N) is 1. The van der Waals surface area contributed by atoms with Crippen LogP contribution in [-0.2, 0) is 0 Å². The van der Waals surface area contributed by atoms with Gasteiger partial charge in [-0.3, -0.25) is 0 Å². The van der Waals surface area contributed by atoms with E-state index in [9.17, 15) is 4.79 Å². The molecule has 62 valence electrons. The Morgan fingerprint density at radius 3 is 3.00 bits per heavy atom. The van der Waals surface area contributed by atoms with Gasteiger partial charge in [0.05, 0.1) is 0 Å². The van der Waals surface area contributed by atoms with Crippen molar-refractivity contribution in [3.05, 3.63) is 0 Å². The summed E-state index contributed by atoms with van der Waals surface area (Å²) in [5.41, 5.74) is 5.18. The van der Waals surface area contributed by atoms with Crippen LogP contribution < -0.4 is 11.1 Å². The van der Waals surface area contributed by atoms with E-state index >= 15 is 0 Å². The maximum absolute atomic E-state index is 10.8. The van der Waals surface area contributed by atoms with Gasteiger partial charge in [0.25, 0.3) is 0 Å². The van der Waals surface area contributed by atoms with Crippen LogP contribution in [0.15, 0.2) is 0 Å². The van der Waals surface area contributed by atoms with Crippen LogP contribution in [0.5, 0.6) is 0 Å². The number of urea groups is 1. The molecule has 0 aliphatic carbocycles. The Hall–Kier alpha value is -0.770. The smallest absolute Gasteiger partial charge is 0.314 e. The molecule has 0 aromatic rings. The van der Waals surface area contributed by atoms with E-state index in [0.29, 0.717) is 12.0 Å². The number of piperidine rings is 1. The van der Waals surface area contributed by atoms with Gasteiger partial charge in [0, 0.05) is 25.7 Å². The number of fused-ring (bicyclic) bond motifs is 2. The second-order valence-corrected chi connectivity index (χ2v) is 3.45. The number of carbonyl (C=O) groups is 1. The molecule has 4 heteroatoms. The van der Waals surface area contributed by atoms with E-state index in [2.05, 4.69) is 5.32 Å². The number of primary amides is 1. The minimum Gasteiger partial charge on any atom is -0.351 e. The number of amides is 2. The maximum atomic E-state index is 10.8. The summed E-state index contributed by atoms with van der Waals surface area (Å²) in [7, 11) is 0. The zero-order valence-electron chi connectivity index (χ0n) is 6.42. The molecule has 0 radical (unpaired) electrons. The minimum atomic E-state index is -0.275. The predicted molar refractivity (Wildman–Crippen MR) is 41.1 cm³/mol. The minimum absolute atomic E-state index is 0.275. The molecule has 0 aromatic heterocycles. The van der Waals surface area contributed by atoms with Crippen molar-refractivity contribution in [2.45, 2.75) is 12.5 Å². The molecule has 2 amide bonds. The van der Waals surface area contributed by atoms with Crippen molar-refractivity contribution < 1.29 is 4.79 Å². The molecule has 4 nitrogen and oxygen atoms in total. The van der Waals surface area contributed by atoms with E-state index in [1.54, 1.807) is 4.90 Å². The Labute approximate surface area is 65.7 Å². The Kier molecular flexibility index (Phi) is 1.49. The number of carbonyl (C=O) groups excluding carboxylic acids is 1. The first-order valence-electron chi connectivity index (χ1n) is 4.03. The van der Waals surface area contributed by atoms with E-state index in [1.807, 2.05) is 0 Å². The summed E-state index contributed by atoms with van der Waals surface area (Å²) in [6.45, 7) is 2.69. The summed E-state index contributed by atoms with van der Waals surface area (Å²) in [4.78, 5) is 12.5. The van der Waals surface area contributed by atoms with Crippen LogP contribution in [0.1, 0.15) is 6.42 Å². The fourth-order valence-corrected chi connectivity index (χ4v) is 2.01. The average Bonchev–Trinajstić information content (AvgIpc) is 2.30. The largest absolute Gasteiger partial charge is 0.351 e. The third-order valence-electron chi connectivity index (χ3n) is 2.54. The van der Waals surface area contributed by atoms with Crippen LogP contribution in [-0.4, -0.2) is 36.6 Å². The molecule has 11 heavy (non-hydrogen) atoms. The highest BCUT2D eigenvalue weighted by molar-refractivity contribution is 5.72. The van der Waals surface area contributed by atoms with Gasteiger partial charge in [-0.2, -0.15) is 0 Å². The van der Waals surface area contributed by atoms with Gasteiger partial charge in [0.1, 0.15) is 0 Å². The first-order valence-corrected chi connectivity index (χ1v) is 4.03. The molecular formula is C7H13N3O. The van der Waals surface area contributed by atoms with Gasteiger partial charge in [-0.15, -0.1) is 0 Å². The SMILES string of the molecule is NC(=O)N1CC2CNC(C2)C1. The molecule has 0 aromatic carbocycles. The number of nitrogens with two attached hydrogens (primary N) is 1. The highest BCUT2D eigenvalue weighted by Crippen LogP contribution is 2.21. The number of rotatable bonds is 0. The first kappa shape index (κ1) is 6.91. The topological polar surface area (TPSA) is 58.4 Å². The average molecular weight is 155 g/mol. The maximum Gasteiger partial charge on any atom is 0.314 e. The van der Waals surface area contributed by atoms with Crippen molar-refractivity contribution in [1.29, 1.82) is 0 Å². The zero-order chi connectivity index (χ0) is 7.84. The molecular weight excluding hydrogens is 142 g/mol. The van der Waals surface area contributed by atoms with Crippen molar-refractivity contribution in [2.75, 3.05) is 19.6 Å². The highest BCUT2D eigenvalue weighted by Gasteiger charge is 2.33. The summed E-state index contributed by atoms with van der Waals surface area (Å²) >= 11 is 0. The van der Waals surface area contributed by atoms with E-state index < -0.39 is 0 Å². The van der Waals surface area contributed by atoms with E-state index in [4.69, 9.17) is 5.73 Å². The van der Waals surface area contributed by atoms with Gasteiger partial charge >= 0.3 is 6.03 Å². The van der Waals surface area contributed by atoms with Crippen molar-refractivity contribution >= 4 is 6.03 Å². The molecule has 2 unspecified atom stereocenters. The molecule has 2 heterocycles. The summed E-state index contributed by atoms with van der Waals surface area (Å²) < 4.78 is 0. The lowest BCUT2D eigenvalue weighted by molar-refractivity contribution is 0.182. The monoisotopic (exact) mass is 155 g/mol. The number of hydrogen-bond donors (Lipinski definition) is 2. The lowest BCUT2D eigenvalue weighted by Gasteiger charge is -2.29. The molecule has 0 saturated carbocycles. The Bertz CT molecular complexity index is 171. The van der Waals surface area contributed by atoms with Crippen molar-refractivity contribution in [2.24, 2.45) is 11.7 Å². The van der Waals surface area contributed by atoms with Gasteiger partial charge < -0.3 is 16.0 Å². The van der Waals surface area contributed by atoms with Crippen molar-refractivity contribution in [3.8, 4) is 0 Å². The van der Waals surface area contributed by atoms with Crippen LogP contribution in [0, 0.1) is 5.92 Å². The highest BCUT2D eigenvalue weighted by atomic mass is 16.2. The standard InChI is InChI=1S/C7H13N3O/c8-7(11)10-3-5-1-6(4-10)9-2-5/h5-6,9H,1-4H2,(H2,8,11). The quantitative estimate of drug-likeness (QED) is 0.489. The molecule has 2 atom stereocenters. The Balaban J connectivity index is 2.02. The van der Waals surface area contributed by atoms with Crippen LogP contribution in [0.3, 0.4) is 0 Å². The summed E-state index contributed by atoms with van der Waals surface area (Å²) in [6.07, 6.45) is 1.21. The van der Waals surface area contributed by atoms with Gasteiger partial charge in [-0.1, -0.05) is 0 Å². The number of hydrogen-bond acceptors (Lipinski definition) is 2. The van der Waals surface area contributed by atoms with Gasteiger partial charge in [0.15, 0.2) is 0 Å². The van der Waals surface area contributed by atoms with Gasteiger partial charge in [-0.05, 0) is 12.3 Å². The fourth-order valence-electron chi connectivity index (χ4n) is 2.01. The van der Waals surface area contributed by atoms with Crippen LogP contribution in [0.25, 0.3) is 0 Å². The predicted octanol–water partition coefficient (Wildman–Crippen LogP) is -0.641. The van der Waals surface area contributed by atoms with Crippen LogP contribution in [0.2, 0.25) is 0 Å². The molecule has 2 aliphatic rings. The fraction of sp³-hybridized carbons (Fsp3) is 0.857. The second kappa shape index (κ2) is 2.37. The molecule has 2 aliphatic heterocycles. The Morgan fingerprint density at radius 2 is 2.36 bits per heavy atom. The van der Waals surface area contributed by atoms with Crippen LogP contribution in [0.4, 0.5) is 4.79 Å². The Morgan fingerprint density at radius 1 is 1.55 bits per heavy atom. The normalized spacial score (nSPS) is 35.8. The van der Waals surface area contributed by atoms with Gasteiger partial charge in [-0.25, -0.2) is 4.79 Å². The molecule has 3 N–H and O–H groups in total. The van der Waals surface area contributed by atoms with E-state index in [0.717, 1.165) is 19.6 Å². The lowest BCUT2D eigenvalue weighted by Crippen LogP contribution is -2.46. The zero-order valence-corrected chi connectivity index (χ0v) is 6.42. The van der Waals surface area contributed by atoms with E-state index in [1.165, 1.54) is 6.42 Å². The lowest BCUT2D eigenvalue weighted by atomic mass is 10.0. The third kappa shape index (κ3) is 1.18. The first-order chi connectivity index (χ1) is 5.25. The van der Waals surface area contributed by atoms with Crippen molar-refractivity contribution in [1.82, 2.24) is 10.2 Å². The van der Waals surface area contributed by atoms with Crippen molar-refractivity contribution in [3.63, 3.8) is 0 Å². The van der Waals surface area contributed by atoms with E-state index in [-0.39, 0.29) is 6.03 Å². The summed E-state index contributed by atoms with van der Waals surface area (Å²) in [6, 6.07) is 0.227. The number of nitrogens with one attached hydrogen (secondary N) is 1. The summed E-state index contributed by atoms with van der Waals surface area (Å²) in [5, 5.41) is 3.35. The third-order valence-corrected chi connectivity index (χ3v) is 2.54. The second-order valence-electron chi connectivity index (χ2n) is 3.45.